The molecule has 1 aromatic heterocycles. The lowest BCUT2D eigenvalue weighted by Gasteiger charge is -2.03. The van der Waals surface area contributed by atoms with Gasteiger partial charge < -0.3 is 4.98 Å². The van der Waals surface area contributed by atoms with Gasteiger partial charge in [0.25, 0.3) is 0 Å². The smallest absolute Gasteiger partial charge is 0.0476 e. The van der Waals surface area contributed by atoms with Crippen LogP contribution in [-0.2, 0) is 0 Å². The summed E-state index contributed by atoms with van der Waals surface area (Å²) in [5, 5.41) is 5.07. The zero-order valence-corrected chi connectivity index (χ0v) is 13.0. The van der Waals surface area contributed by atoms with Gasteiger partial charge in [-0.3, -0.25) is 0 Å². The largest absolute Gasteiger partial charge is 0.354 e. The Bertz CT molecular complexity index is 938. The first kappa shape index (κ1) is 11.5. The highest BCUT2D eigenvalue weighted by atomic mass is 79.9. The van der Waals surface area contributed by atoms with Crippen molar-refractivity contribution in [1.29, 1.82) is 0 Å². The average Bonchev–Trinajstić information content (AvgIpc) is 2.76. The predicted molar refractivity (Wildman–Crippen MR) is 88.7 cm³/mol. The van der Waals surface area contributed by atoms with Gasteiger partial charge in [-0.15, -0.1) is 0 Å². The van der Waals surface area contributed by atoms with E-state index in [1.54, 1.807) is 0 Å². The summed E-state index contributed by atoms with van der Waals surface area (Å²) in [6.07, 6.45) is 0. The first-order valence-electron chi connectivity index (χ1n) is 6.02. The van der Waals surface area contributed by atoms with Crippen LogP contribution in [-0.4, -0.2) is 4.98 Å². The highest BCUT2D eigenvalue weighted by Gasteiger charge is 2.10. The Hall–Kier alpha value is -1.32. The van der Waals surface area contributed by atoms with Crippen molar-refractivity contribution in [3.63, 3.8) is 0 Å². The average molecular weight is 375 g/mol. The van der Waals surface area contributed by atoms with E-state index in [2.05, 4.69) is 85.4 Å². The van der Waals surface area contributed by atoms with Crippen molar-refractivity contribution in [3.05, 3.63) is 57.5 Å². The van der Waals surface area contributed by atoms with Crippen molar-refractivity contribution in [2.75, 3.05) is 0 Å². The fourth-order valence-electron chi connectivity index (χ4n) is 2.70. The third kappa shape index (κ3) is 1.65. The molecule has 0 radical (unpaired) electrons. The van der Waals surface area contributed by atoms with Crippen LogP contribution in [0, 0.1) is 0 Å². The normalized spacial score (nSPS) is 11.7. The second-order valence-corrected chi connectivity index (χ2v) is 6.41. The molecule has 92 valence electrons. The fraction of sp³-hybridized carbons (Fsp3) is 0. The van der Waals surface area contributed by atoms with Crippen molar-refractivity contribution in [2.24, 2.45) is 0 Å². The molecule has 1 heterocycles. The first-order valence-corrected chi connectivity index (χ1v) is 7.61. The first-order chi connectivity index (χ1) is 9.24. The molecule has 0 aliphatic heterocycles. The number of aromatic amines is 1. The Morgan fingerprint density at radius 2 is 1.68 bits per heavy atom. The monoisotopic (exact) mass is 373 g/mol. The molecule has 0 amide bonds. The number of nitrogens with one attached hydrogen (secondary N) is 1. The molecule has 3 aromatic carbocycles. The number of benzene rings is 3. The molecular weight excluding hydrogens is 366 g/mol. The van der Waals surface area contributed by atoms with E-state index in [-0.39, 0.29) is 0 Å². The van der Waals surface area contributed by atoms with Crippen molar-refractivity contribution in [2.45, 2.75) is 0 Å². The number of aromatic nitrogens is 1. The quantitative estimate of drug-likeness (QED) is 0.388. The minimum atomic E-state index is 1.09. The molecule has 0 saturated heterocycles. The van der Waals surface area contributed by atoms with Gasteiger partial charge in [0.15, 0.2) is 0 Å². The molecule has 4 aromatic rings. The summed E-state index contributed by atoms with van der Waals surface area (Å²) in [5.41, 5.74) is 2.33. The topological polar surface area (TPSA) is 15.8 Å². The third-order valence-corrected chi connectivity index (χ3v) is 4.67. The number of fused-ring (bicyclic) bond motifs is 5. The van der Waals surface area contributed by atoms with Gasteiger partial charge in [-0.25, -0.2) is 0 Å². The lowest BCUT2D eigenvalue weighted by molar-refractivity contribution is 1.54. The second kappa shape index (κ2) is 4.09. The molecule has 0 aliphatic rings. The van der Waals surface area contributed by atoms with Crippen LogP contribution in [0.1, 0.15) is 0 Å². The van der Waals surface area contributed by atoms with E-state index in [0.29, 0.717) is 0 Å². The van der Waals surface area contributed by atoms with Gasteiger partial charge in [0.05, 0.1) is 0 Å². The Morgan fingerprint density at radius 1 is 0.789 bits per heavy atom. The number of H-pyrrole nitrogens is 1. The van der Waals surface area contributed by atoms with E-state index in [1.165, 1.54) is 27.1 Å². The van der Waals surface area contributed by atoms with Crippen LogP contribution in [0.4, 0.5) is 0 Å². The van der Waals surface area contributed by atoms with Crippen LogP contribution in [0.25, 0.3) is 32.6 Å². The highest BCUT2D eigenvalue weighted by Crippen LogP contribution is 2.36. The summed E-state index contributed by atoms with van der Waals surface area (Å²) in [4.78, 5) is 3.49. The maximum Gasteiger partial charge on any atom is 0.0476 e. The van der Waals surface area contributed by atoms with Crippen LogP contribution in [0.2, 0.25) is 0 Å². The van der Waals surface area contributed by atoms with Crippen LogP contribution >= 0.6 is 31.9 Å². The van der Waals surface area contributed by atoms with E-state index < -0.39 is 0 Å². The minimum Gasteiger partial charge on any atom is -0.354 e. The SMILES string of the molecule is Brc1ccc2c(c1)[nH]c1ccc3cccc(Br)c3c12. The summed E-state index contributed by atoms with van der Waals surface area (Å²) in [5.74, 6) is 0. The molecule has 1 N–H and O–H groups in total. The third-order valence-electron chi connectivity index (χ3n) is 3.52. The maximum absolute atomic E-state index is 3.68. The molecule has 4 rings (SSSR count). The van der Waals surface area contributed by atoms with Gasteiger partial charge in [-0.1, -0.05) is 56.1 Å². The fourth-order valence-corrected chi connectivity index (χ4v) is 3.64. The van der Waals surface area contributed by atoms with Crippen molar-refractivity contribution in [3.8, 4) is 0 Å². The van der Waals surface area contributed by atoms with E-state index >= 15 is 0 Å². The Labute approximate surface area is 126 Å². The van der Waals surface area contributed by atoms with Gasteiger partial charge in [0.2, 0.25) is 0 Å². The van der Waals surface area contributed by atoms with Crippen molar-refractivity contribution >= 4 is 64.4 Å². The Kier molecular flexibility index (Phi) is 2.47. The summed E-state index contributed by atoms with van der Waals surface area (Å²) in [6.45, 7) is 0. The molecule has 19 heavy (non-hydrogen) atoms. The second-order valence-electron chi connectivity index (χ2n) is 4.64. The molecular formula is C16H9Br2N. The molecule has 0 atom stereocenters. The lowest BCUT2D eigenvalue weighted by atomic mass is 10.0. The van der Waals surface area contributed by atoms with Gasteiger partial charge in [-0.2, -0.15) is 0 Å². The molecule has 3 heteroatoms. The Morgan fingerprint density at radius 3 is 2.58 bits per heavy atom. The molecule has 0 unspecified atom stereocenters. The Balaban J connectivity index is 2.35. The zero-order chi connectivity index (χ0) is 13.0. The molecule has 0 fully saturated rings. The standard InChI is InChI=1S/C16H9Br2N/c17-10-5-6-11-14(8-10)19-13-7-4-9-2-1-3-12(18)15(9)16(11)13/h1-8,19H. The van der Waals surface area contributed by atoms with E-state index in [0.717, 1.165) is 14.5 Å². The highest BCUT2D eigenvalue weighted by molar-refractivity contribution is 9.11. The summed E-state index contributed by atoms with van der Waals surface area (Å²) in [7, 11) is 0. The van der Waals surface area contributed by atoms with E-state index in [4.69, 9.17) is 0 Å². The summed E-state index contributed by atoms with van der Waals surface area (Å²) < 4.78 is 2.23. The molecule has 0 spiro atoms. The molecule has 0 bridgehead atoms. The van der Waals surface area contributed by atoms with Crippen LogP contribution in [0.15, 0.2) is 57.5 Å². The van der Waals surface area contributed by atoms with Crippen LogP contribution < -0.4 is 0 Å². The van der Waals surface area contributed by atoms with E-state index in [1.807, 2.05) is 0 Å². The lowest BCUT2D eigenvalue weighted by Crippen LogP contribution is -1.76. The van der Waals surface area contributed by atoms with Gasteiger partial charge in [0, 0.05) is 36.1 Å². The van der Waals surface area contributed by atoms with Gasteiger partial charge in [-0.05, 0) is 29.7 Å². The summed E-state index contributed by atoms with van der Waals surface area (Å²) in [6, 6.07) is 17.0. The van der Waals surface area contributed by atoms with E-state index in [9.17, 15) is 0 Å². The van der Waals surface area contributed by atoms with Crippen LogP contribution in [0.3, 0.4) is 0 Å². The minimum absolute atomic E-state index is 1.09. The van der Waals surface area contributed by atoms with Crippen molar-refractivity contribution < 1.29 is 0 Å². The zero-order valence-electron chi connectivity index (χ0n) is 9.87. The maximum atomic E-state index is 3.68. The number of halogens is 2. The number of rotatable bonds is 0. The van der Waals surface area contributed by atoms with Crippen LogP contribution in [0.5, 0.6) is 0 Å². The van der Waals surface area contributed by atoms with Gasteiger partial charge >= 0.3 is 0 Å². The number of hydrogen-bond acceptors (Lipinski definition) is 0. The van der Waals surface area contributed by atoms with Crippen molar-refractivity contribution in [1.82, 2.24) is 4.98 Å². The molecule has 0 saturated carbocycles. The number of hydrogen-bond donors (Lipinski definition) is 1. The van der Waals surface area contributed by atoms with Gasteiger partial charge in [0.1, 0.15) is 0 Å². The molecule has 1 nitrogen and oxygen atoms in total. The summed E-state index contributed by atoms with van der Waals surface area (Å²) >= 11 is 7.20. The molecule has 0 aliphatic carbocycles. The predicted octanol–water partition coefficient (Wildman–Crippen LogP) is 6.00.